The first-order chi connectivity index (χ1) is 11.3. The summed E-state index contributed by atoms with van der Waals surface area (Å²) in [5.74, 6) is 0.222. The molecule has 0 rings (SSSR count). The van der Waals surface area contributed by atoms with Crippen LogP contribution in [0.25, 0.3) is 0 Å². The number of rotatable bonds is 9. The van der Waals surface area contributed by atoms with Crippen molar-refractivity contribution in [2.75, 3.05) is 20.6 Å². The highest BCUT2D eigenvalue weighted by Gasteiger charge is 2.35. The van der Waals surface area contributed by atoms with Gasteiger partial charge in [-0.2, -0.15) is 0 Å². The monoisotopic (exact) mass is 351 g/mol. The molecule has 0 aliphatic rings. The molecule has 0 spiro atoms. The number of hydrogen-bond donors (Lipinski definition) is 2. The fourth-order valence-electron chi connectivity index (χ4n) is 2.59. The molecule has 2 atom stereocenters. The van der Waals surface area contributed by atoms with Crippen molar-refractivity contribution in [1.29, 1.82) is 0 Å². The summed E-state index contributed by atoms with van der Waals surface area (Å²) in [6.45, 7) is 18.1. The summed E-state index contributed by atoms with van der Waals surface area (Å²) in [5.41, 5.74) is 1.18. The largest absolute Gasteiger partial charge is 0.376 e. The van der Waals surface area contributed by atoms with Gasteiger partial charge in [-0.25, -0.2) is 0 Å². The van der Waals surface area contributed by atoms with E-state index in [-0.39, 0.29) is 29.1 Å². The van der Waals surface area contributed by atoms with Crippen LogP contribution in [0.5, 0.6) is 0 Å². The number of hydrogen-bond acceptors (Lipinski definition) is 4. The van der Waals surface area contributed by atoms with E-state index in [4.69, 9.17) is 0 Å². The topological polar surface area (TPSA) is 61.4 Å². The summed E-state index contributed by atoms with van der Waals surface area (Å²) < 4.78 is 0. The number of carbonyl (C=O) groups is 2. The van der Waals surface area contributed by atoms with Gasteiger partial charge in [0.05, 0.1) is 6.04 Å². The molecule has 0 bridgehead atoms. The SMILES string of the molecule is C=C(CNC)NC(C(=O)N(C)[C@H](/C=C(\C)C(C)=O)C(C)C)C(C)(C)C. The van der Waals surface area contributed by atoms with E-state index in [0.29, 0.717) is 12.1 Å². The lowest BCUT2D eigenvalue weighted by Crippen LogP contribution is -2.55. The van der Waals surface area contributed by atoms with E-state index in [1.54, 1.807) is 25.8 Å². The maximum atomic E-state index is 13.2. The Morgan fingerprint density at radius 3 is 2.08 bits per heavy atom. The minimum absolute atomic E-state index is 0.00365. The van der Waals surface area contributed by atoms with E-state index in [2.05, 4.69) is 31.1 Å². The second-order valence-corrected chi connectivity index (χ2v) is 8.17. The van der Waals surface area contributed by atoms with Gasteiger partial charge in [-0.05, 0) is 37.8 Å². The molecule has 0 saturated carbocycles. The lowest BCUT2D eigenvalue weighted by Gasteiger charge is -2.38. The Morgan fingerprint density at radius 1 is 1.20 bits per heavy atom. The van der Waals surface area contributed by atoms with E-state index in [0.717, 1.165) is 5.70 Å². The summed E-state index contributed by atoms with van der Waals surface area (Å²) in [7, 11) is 3.65. The number of Topliss-reactive ketones (excluding diaryl/α,β-unsaturated/α-hetero) is 1. The Labute approximate surface area is 153 Å². The second kappa shape index (κ2) is 9.76. The lowest BCUT2D eigenvalue weighted by atomic mass is 9.85. The highest BCUT2D eigenvalue weighted by Crippen LogP contribution is 2.24. The van der Waals surface area contributed by atoms with E-state index in [1.807, 2.05) is 33.9 Å². The molecule has 0 radical (unpaired) electrons. The zero-order valence-corrected chi connectivity index (χ0v) is 17.5. The van der Waals surface area contributed by atoms with E-state index >= 15 is 0 Å². The summed E-state index contributed by atoms with van der Waals surface area (Å²) in [5, 5.41) is 6.31. The molecule has 0 saturated heterocycles. The van der Waals surface area contributed by atoms with Gasteiger partial charge in [-0.3, -0.25) is 9.59 Å². The molecule has 0 aromatic heterocycles. The first-order valence-electron chi connectivity index (χ1n) is 8.87. The van der Waals surface area contributed by atoms with Crippen molar-refractivity contribution >= 4 is 11.7 Å². The van der Waals surface area contributed by atoms with Gasteiger partial charge in [0.2, 0.25) is 5.91 Å². The summed E-state index contributed by atoms with van der Waals surface area (Å²) in [4.78, 5) is 26.6. The Kier molecular flexibility index (Phi) is 9.12. The second-order valence-electron chi connectivity index (χ2n) is 8.17. The summed E-state index contributed by atoms with van der Waals surface area (Å²) >= 11 is 0. The van der Waals surface area contributed by atoms with Crippen molar-refractivity contribution < 1.29 is 9.59 Å². The normalized spacial score (nSPS) is 14.9. The van der Waals surface area contributed by atoms with Crippen LogP contribution in [0.1, 0.15) is 48.5 Å². The molecule has 0 fully saturated rings. The zero-order valence-electron chi connectivity index (χ0n) is 17.5. The van der Waals surface area contributed by atoms with Gasteiger partial charge >= 0.3 is 0 Å². The van der Waals surface area contributed by atoms with Crippen LogP contribution in [0.15, 0.2) is 23.9 Å². The minimum Gasteiger partial charge on any atom is -0.376 e. The number of allylic oxidation sites excluding steroid dienone is 1. The predicted molar refractivity (Wildman–Crippen MR) is 105 cm³/mol. The van der Waals surface area contributed by atoms with Gasteiger partial charge in [0.1, 0.15) is 6.04 Å². The maximum Gasteiger partial charge on any atom is 0.245 e. The number of carbonyl (C=O) groups excluding carboxylic acids is 2. The Balaban J connectivity index is 5.60. The van der Waals surface area contributed by atoms with Gasteiger partial charge in [-0.1, -0.05) is 47.3 Å². The van der Waals surface area contributed by atoms with E-state index in [9.17, 15) is 9.59 Å². The molecular formula is C20H37N3O2. The van der Waals surface area contributed by atoms with Crippen molar-refractivity contribution in [3.05, 3.63) is 23.9 Å². The van der Waals surface area contributed by atoms with Gasteiger partial charge in [0, 0.05) is 19.3 Å². The fraction of sp³-hybridized carbons (Fsp3) is 0.700. The summed E-state index contributed by atoms with van der Waals surface area (Å²) in [6.07, 6.45) is 1.90. The average molecular weight is 352 g/mol. The van der Waals surface area contributed by atoms with Crippen molar-refractivity contribution in [2.24, 2.45) is 11.3 Å². The number of amides is 1. The van der Waals surface area contributed by atoms with Gasteiger partial charge in [0.15, 0.2) is 5.78 Å². The van der Waals surface area contributed by atoms with Crippen molar-refractivity contribution in [3.63, 3.8) is 0 Å². The van der Waals surface area contributed by atoms with Crippen LogP contribution in [0.2, 0.25) is 0 Å². The number of ketones is 1. The average Bonchev–Trinajstić information content (AvgIpc) is 2.47. The van der Waals surface area contributed by atoms with Crippen molar-refractivity contribution in [2.45, 2.75) is 60.5 Å². The third-order valence-corrected chi connectivity index (χ3v) is 4.31. The van der Waals surface area contributed by atoms with E-state index < -0.39 is 6.04 Å². The Hall–Kier alpha value is -1.62. The molecule has 0 aliphatic heterocycles. The fourth-order valence-corrected chi connectivity index (χ4v) is 2.59. The van der Waals surface area contributed by atoms with Crippen LogP contribution < -0.4 is 10.6 Å². The van der Waals surface area contributed by atoms with Crippen molar-refractivity contribution in [3.8, 4) is 0 Å². The maximum absolute atomic E-state index is 13.2. The number of nitrogens with zero attached hydrogens (tertiary/aromatic N) is 1. The Morgan fingerprint density at radius 2 is 1.72 bits per heavy atom. The van der Waals surface area contributed by atoms with Gasteiger partial charge < -0.3 is 15.5 Å². The van der Waals surface area contributed by atoms with Crippen LogP contribution in [-0.4, -0.2) is 49.3 Å². The van der Waals surface area contributed by atoms with Crippen molar-refractivity contribution in [1.82, 2.24) is 15.5 Å². The molecule has 144 valence electrons. The molecule has 1 unspecified atom stereocenters. The molecule has 5 heteroatoms. The molecule has 1 amide bonds. The molecule has 0 aromatic rings. The van der Waals surface area contributed by atoms with E-state index in [1.165, 1.54) is 0 Å². The van der Waals surface area contributed by atoms with Crippen LogP contribution in [0.3, 0.4) is 0 Å². The molecule has 0 aliphatic carbocycles. The van der Waals surface area contributed by atoms with Gasteiger partial charge in [0.25, 0.3) is 0 Å². The molecule has 0 aromatic carbocycles. The third-order valence-electron chi connectivity index (χ3n) is 4.31. The highest BCUT2D eigenvalue weighted by atomic mass is 16.2. The predicted octanol–water partition coefficient (Wildman–Crippen LogP) is 2.74. The molecule has 25 heavy (non-hydrogen) atoms. The van der Waals surface area contributed by atoms with Crippen LogP contribution in [0, 0.1) is 11.3 Å². The standard InChI is InChI=1S/C20H37N3O2/c1-13(2)17(11-14(3)16(5)24)23(10)19(25)18(20(6,7)8)22-15(4)12-21-9/h11,13,17-18,21-22H,4,12H2,1-3,5-10H3/b14-11+/t17-,18?/m1/s1. The first kappa shape index (κ1) is 23.4. The van der Waals surface area contributed by atoms with Crippen LogP contribution in [0.4, 0.5) is 0 Å². The number of likely N-dealkylation sites (N-methyl/N-ethyl adjacent to an activating group) is 2. The number of nitrogens with one attached hydrogen (secondary N) is 2. The van der Waals surface area contributed by atoms with Crippen LogP contribution in [-0.2, 0) is 9.59 Å². The molecule has 0 heterocycles. The quantitative estimate of drug-likeness (QED) is 0.627. The van der Waals surface area contributed by atoms with Gasteiger partial charge in [-0.15, -0.1) is 0 Å². The molecular weight excluding hydrogens is 314 g/mol. The smallest absolute Gasteiger partial charge is 0.245 e. The zero-order chi connectivity index (χ0) is 19.9. The van der Waals surface area contributed by atoms with Crippen LogP contribution >= 0.6 is 0 Å². The minimum atomic E-state index is -0.398. The molecule has 5 nitrogen and oxygen atoms in total. The lowest BCUT2D eigenvalue weighted by molar-refractivity contribution is -0.136. The Bertz CT molecular complexity index is 516. The third kappa shape index (κ3) is 7.43. The molecule has 2 N–H and O–H groups in total. The summed E-state index contributed by atoms with van der Waals surface area (Å²) in [6, 6.07) is -0.536. The first-order valence-corrected chi connectivity index (χ1v) is 8.87. The highest BCUT2D eigenvalue weighted by molar-refractivity contribution is 5.92.